The number of hydrogen-bond acceptors (Lipinski definition) is 2. The third-order valence-corrected chi connectivity index (χ3v) is 3.96. The van der Waals surface area contributed by atoms with Gasteiger partial charge in [0.1, 0.15) is 17.4 Å². The van der Waals surface area contributed by atoms with Crippen LogP contribution in [0.25, 0.3) is 5.57 Å². The molecule has 0 fully saturated rings. The second-order valence-electron chi connectivity index (χ2n) is 5.66. The molecule has 0 saturated carbocycles. The molecule has 3 rings (SSSR count). The fourth-order valence-corrected chi connectivity index (χ4v) is 2.57. The van der Waals surface area contributed by atoms with Crippen LogP contribution in [-0.4, -0.2) is 12.9 Å². The lowest BCUT2D eigenvalue weighted by molar-refractivity contribution is -0.111. The van der Waals surface area contributed by atoms with Gasteiger partial charge in [0.15, 0.2) is 5.78 Å². The van der Waals surface area contributed by atoms with Crippen LogP contribution in [0.3, 0.4) is 0 Å². The van der Waals surface area contributed by atoms with Crippen molar-refractivity contribution in [2.24, 2.45) is 0 Å². The molecule has 0 radical (unpaired) electrons. The summed E-state index contributed by atoms with van der Waals surface area (Å²) in [6.07, 6.45) is 8.12. The van der Waals surface area contributed by atoms with Crippen molar-refractivity contribution >= 4 is 11.4 Å². The predicted molar refractivity (Wildman–Crippen MR) is 97.2 cm³/mol. The number of carbonyl (C=O) groups excluding carboxylic acids is 1. The Labute approximate surface area is 150 Å². The molecule has 26 heavy (non-hydrogen) atoms. The number of methoxy groups -OCH3 is 1. The molecule has 0 heterocycles. The Bertz CT molecular complexity index is 884. The fraction of sp³-hybridized carbons (Fsp3) is 0.0455. The first kappa shape index (κ1) is 17.5. The van der Waals surface area contributed by atoms with Crippen molar-refractivity contribution < 1.29 is 18.3 Å². The largest absolute Gasteiger partial charge is 0.497 e. The van der Waals surface area contributed by atoms with Crippen molar-refractivity contribution in [3.63, 3.8) is 0 Å². The molecule has 0 saturated heterocycles. The Balaban J connectivity index is 2.07. The van der Waals surface area contributed by atoms with E-state index >= 15 is 0 Å². The average Bonchev–Trinajstić information content (AvgIpc) is 2.66. The summed E-state index contributed by atoms with van der Waals surface area (Å²) in [5.41, 5.74) is 2.72. The van der Waals surface area contributed by atoms with Crippen LogP contribution in [0.15, 0.2) is 90.2 Å². The van der Waals surface area contributed by atoms with Gasteiger partial charge < -0.3 is 4.74 Å². The highest BCUT2D eigenvalue weighted by molar-refractivity contribution is 6.08. The number of hydrogen-bond donors (Lipinski definition) is 0. The van der Waals surface area contributed by atoms with Crippen LogP contribution in [0.5, 0.6) is 0 Å². The minimum Gasteiger partial charge on any atom is -0.497 e. The van der Waals surface area contributed by atoms with E-state index in [1.165, 1.54) is 37.5 Å². The van der Waals surface area contributed by atoms with Crippen molar-refractivity contribution in [1.29, 1.82) is 0 Å². The first-order valence-corrected chi connectivity index (χ1v) is 7.99. The quantitative estimate of drug-likeness (QED) is 0.726. The van der Waals surface area contributed by atoms with E-state index in [9.17, 15) is 13.6 Å². The van der Waals surface area contributed by atoms with Crippen LogP contribution < -0.4 is 0 Å². The van der Waals surface area contributed by atoms with Crippen molar-refractivity contribution in [2.45, 2.75) is 0 Å². The van der Waals surface area contributed by atoms with Gasteiger partial charge in [0.25, 0.3) is 0 Å². The molecule has 0 bridgehead atoms. The summed E-state index contributed by atoms with van der Waals surface area (Å²) in [7, 11) is 1.53. The molecule has 1 aliphatic rings. The zero-order chi connectivity index (χ0) is 18.5. The Morgan fingerprint density at radius 3 is 1.92 bits per heavy atom. The molecule has 4 heteroatoms. The lowest BCUT2D eigenvalue weighted by Gasteiger charge is -2.10. The van der Waals surface area contributed by atoms with E-state index in [0.717, 1.165) is 16.7 Å². The second-order valence-corrected chi connectivity index (χ2v) is 5.66. The highest BCUT2D eigenvalue weighted by atomic mass is 19.1. The van der Waals surface area contributed by atoms with Crippen LogP contribution in [0.1, 0.15) is 11.1 Å². The lowest BCUT2D eigenvalue weighted by atomic mass is 9.96. The topological polar surface area (TPSA) is 26.3 Å². The maximum atomic E-state index is 13.3. The summed E-state index contributed by atoms with van der Waals surface area (Å²) >= 11 is 0. The molecule has 0 spiro atoms. The number of rotatable bonds is 4. The Hall–Kier alpha value is -3.27. The monoisotopic (exact) mass is 350 g/mol. The number of halogens is 2. The number of allylic oxidation sites excluding steroid dienone is 6. The van der Waals surface area contributed by atoms with Crippen molar-refractivity contribution in [3.05, 3.63) is 113 Å². The number of benzene rings is 2. The molecule has 0 amide bonds. The van der Waals surface area contributed by atoms with Crippen LogP contribution in [0.2, 0.25) is 0 Å². The van der Waals surface area contributed by atoms with E-state index in [2.05, 4.69) is 0 Å². The van der Waals surface area contributed by atoms with Crippen molar-refractivity contribution in [1.82, 2.24) is 0 Å². The van der Waals surface area contributed by atoms with Crippen LogP contribution >= 0.6 is 0 Å². The molecule has 2 aromatic carbocycles. The minimum atomic E-state index is -0.342. The standard InChI is InChI=1S/C22H16F2O2/c1-26-20-11-13-22(25)17(14-20)6-12-21(15-2-7-18(23)8-3-15)16-4-9-19(24)10-5-16/h2-14H,1H3/b17-6+. The van der Waals surface area contributed by atoms with Gasteiger partial charge >= 0.3 is 0 Å². The van der Waals surface area contributed by atoms with E-state index in [1.54, 1.807) is 48.6 Å². The average molecular weight is 350 g/mol. The molecular formula is C22H16F2O2. The van der Waals surface area contributed by atoms with Gasteiger partial charge in [-0.3, -0.25) is 4.79 Å². The van der Waals surface area contributed by atoms with E-state index < -0.39 is 0 Å². The normalized spacial score (nSPS) is 15.0. The summed E-state index contributed by atoms with van der Waals surface area (Å²) in [4.78, 5) is 12.0. The maximum absolute atomic E-state index is 13.3. The first-order chi connectivity index (χ1) is 12.6. The van der Waals surface area contributed by atoms with Gasteiger partial charge in [-0.05, 0) is 59.2 Å². The number of ketones is 1. The molecule has 130 valence electrons. The van der Waals surface area contributed by atoms with E-state index in [-0.39, 0.29) is 17.4 Å². The van der Waals surface area contributed by atoms with Gasteiger partial charge in [-0.1, -0.05) is 36.4 Å². The molecule has 2 aromatic rings. The molecular weight excluding hydrogens is 334 g/mol. The molecule has 2 nitrogen and oxygen atoms in total. The molecule has 0 aliphatic heterocycles. The van der Waals surface area contributed by atoms with Gasteiger partial charge in [-0.15, -0.1) is 0 Å². The van der Waals surface area contributed by atoms with Gasteiger partial charge in [-0.2, -0.15) is 0 Å². The predicted octanol–water partition coefficient (Wildman–Crippen LogP) is 4.99. The van der Waals surface area contributed by atoms with Gasteiger partial charge in [0.2, 0.25) is 0 Å². The van der Waals surface area contributed by atoms with Gasteiger partial charge in [-0.25, -0.2) is 8.78 Å². The third-order valence-electron chi connectivity index (χ3n) is 3.96. The minimum absolute atomic E-state index is 0.139. The summed E-state index contributed by atoms with van der Waals surface area (Å²) < 4.78 is 31.7. The van der Waals surface area contributed by atoms with E-state index in [4.69, 9.17) is 4.74 Å². The maximum Gasteiger partial charge on any atom is 0.186 e. The lowest BCUT2D eigenvalue weighted by Crippen LogP contribution is -2.02. The molecule has 0 unspecified atom stereocenters. The zero-order valence-electron chi connectivity index (χ0n) is 14.1. The van der Waals surface area contributed by atoms with Crippen LogP contribution in [0.4, 0.5) is 8.78 Å². The first-order valence-electron chi connectivity index (χ1n) is 7.99. The summed E-state index contributed by atoms with van der Waals surface area (Å²) in [5.74, 6) is -0.245. The highest BCUT2D eigenvalue weighted by Gasteiger charge is 2.11. The van der Waals surface area contributed by atoms with Gasteiger partial charge in [0.05, 0.1) is 7.11 Å². The molecule has 0 N–H and O–H groups in total. The van der Waals surface area contributed by atoms with E-state index in [0.29, 0.717) is 11.3 Å². The Kier molecular flexibility index (Phi) is 5.23. The third kappa shape index (κ3) is 4.03. The van der Waals surface area contributed by atoms with Gasteiger partial charge in [0, 0.05) is 5.57 Å². The smallest absolute Gasteiger partial charge is 0.186 e. The van der Waals surface area contributed by atoms with E-state index in [1.807, 2.05) is 0 Å². The Morgan fingerprint density at radius 1 is 0.885 bits per heavy atom. The summed E-state index contributed by atoms with van der Waals surface area (Å²) in [6.45, 7) is 0. The molecule has 0 aromatic heterocycles. The van der Waals surface area contributed by atoms with Crippen molar-refractivity contribution in [3.8, 4) is 0 Å². The summed E-state index contributed by atoms with van der Waals surface area (Å²) in [6, 6.07) is 12.0. The summed E-state index contributed by atoms with van der Waals surface area (Å²) in [5, 5.41) is 0. The fourth-order valence-electron chi connectivity index (χ4n) is 2.57. The molecule has 0 atom stereocenters. The number of carbonyl (C=O) groups is 1. The Morgan fingerprint density at radius 2 is 1.42 bits per heavy atom. The SMILES string of the molecule is COC1=C/C(=C\C=C(c2ccc(F)cc2)c2ccc(F)cc2)C(=O)C=C1. The molecule has 1 aliphatic carbocycles. The highest BCUT2D eigenvalue weighted by Crippen LogP contribution is 2.25. The zero-order valence-corrected chi connectivity index (χ0v) is 14.1. The van der Waals surface area contributed by atoms with Crippen LogP contribution in [-0.2, 0) is 9.53 Å². The second kappa shape index (κ2) is 7.74. The van der Waals surface area contributed by atoms with Crippen LogP contribution in [0, 0.1) is 11.6 Å². The van der Waals surface area contributed by atoms with Crippen molar-refractivity contribution in [2.75, 3.05) is 7.11 Å². The number of ether oxygens (including phenoxy) is 1.